The summed E-state index contributed by atoms with van der Waals surface area (Å²) in [4.78, 5) is 0.134. The number of halogens is 2. The fraction of sp³-hybridized carbons (Fsp3) is 0.455. The summed E-state index contributed by atoms with van der Waals surface area (Å²) in [7, 11) is -3.83. The lowest BCUT2D eigenvalue weighted by atomic mass is 9.97. The first-order valence-electron chi connectivity index (χ1n) is 9.82. The van der Waals surface area contributed by atoms with Crippen LogP contribution in [-0.4, -0.2) is 27.4 Å². The summed E-state index contributed by atoms with van der Waals surface area (Å²) in [5.74, 6) is 0. The summed E-state index contributed by atoms with van der Waals surface area (Å²) in [6, 6.07) is 11.8. The van der Waals surface area contributed by atoms with Crippen molar-refractivity contribution in [3.05, 3.63) is 63.6 Å². The third-order valence-electron chi connectivity index (χ3n) is 5.03. The summed E-state index contributed by atoms with van der Waals surface area (Å²) >= 11 is 12.3. The van der Waals surface area contributed by atoms with Gasteiger partial charge in [0, 0.05) is 15.6 Å². The summed E-state index contributed by atoms with van der Waals surface area (Å²) in [5, 5.41) is 1.08. The molecule has 0 N–H and O–H groups in total. The Kier molecular flexibility index (Phi) is 7.49. The fourth-order valence-electron chi connectivity index (χ4n) is 3.38. The Hall–Kier alpha value is -1.15. The van der Waals surface area contributed by atoms with Gasteiger partial charge in [-0.2, -0.15) is 8.42 Å². The molecule has 2 unspecified atom stereocenters. The summed E-state index contributed by atoms with van der Waals surface area (Å²) in [5.41, 5.74) is 1.08. The van der Waals surface area contributed by atoms with Crippen molar-refractivity contribution in [3.8, 4) is 0 Å². The second-order valence-corrected chi connectivity index (χ2v) is 10.4. The predicted molar refractivity (Wildman–Crippen MR) is 117 cm³/mol. The number of hydrogen-bond donors (Lipinski definition) is 0. The monoisotopic (exact) mass is 472 g/mol. The van der Waals surface area contributed by atoms with Gasteiger partial charge in [-0.15, -0.1) is 0 Å². The maximum Gasteiger partial charge on any atom is 0.297 e. The molecule has 2 atom stereocenters. The molecule has 8 heteroatoms. The molecular formula is C22H26Cl2O5S. The van der Waals surface area contributed by atoms with Crippen LogP contribution >= 0.6 is 23.2 Å². The lowest BCUT2D eigenvalue weighted by molar-refractivity contribution is -0.244. The van der Waals surface area contributed by atoms with Gasteiger partial charge in [-0.1, -0.05) is 47.0 Å². The minimum atomic E-state index is -3.83. The summed E-state index contributed by atoms with van der Waals surface area (Å²) in [6.07, 6.45) is 1.38. The Labute approximate surface area is 188 Å². The first-order valence-corrected chi connectivity index (χ1v) is 12.0. The Morgan fingerprint density at radius 3 is 2.47 bits per heavy atom. The molecule has 2 aromatic carbocycles. The van der Waals surface area contributed by atoms with Crippen molar-refractivity contribution in [2.75, 3.05) is 6.61 Å². The first-order chi connectivity index (χ1) is 14.1. The molecule has 0 spiro atoms. The average Bonchev–Trinajstić information content (AvgIpc) is 2.66. The molecule has 0 radical (unpaired) electrons. The van der Waals surface area contributed by atoms with Crippen LogP contribution in [0.15, 0.2) is 47.4 Å². The van der Waals surface area contributed by atoms with E-state index >= 15 is 0 Å². The van der Waals surface area contributed by atoms with Crippen LogP contribution < -0.4 is 0 Å². The molecule has 0 saturated carbocycles. The van der Waals surface area contributed by atoms with Crippen LogP contribution in [0.5, 0.6) is 0 Å². The van der Waals surface area contributed by atoms with Gasteiger partial charge < -0.3 is 9.47 Å². The van der Waals surface area contributed by atoms with Crippen LogP contribution in [0.25, 0.3) is 0 Å². The Morgan fingerprint density at radius 1 is 1.10 bits per heavy atom. The zero-order valence-electron chi connectivity index (χ0n) is 17.2. The van der Waals surface area contributed by atoms with Gasteiger partial charge in [0.2, 0.25) is 0 Å². The molecule has 164 valence electrons. The molecule has 3 rings (SSSR count). The van der Waals surface area contributed by atoms with Gasteiger partial charge in [0.25, 0.3) is 10.1 Å². The standard InChI is InChI=1S/C22H26Cl2O5S/c1-15-7-10-18(11-8-15)30(25,26)27-14-17-5-4-6-21(28-17)29-22(2,3)19-12-9-16(23)13-20(19)24/h7-13,17,21H,4-6,14H2,1-3H3. The largest absolute Gasteiger partial charge is 0.347 e. The molecule has 2 aromatic rings. The van der Waals surface area contributed by atoms with Crippen molar-refractivity contribution in [2.24, 2.45) is 0 Å². The smallest absolute Gasteiger partial charge is 0.297 e. The van der Waals surface area contributed by atoms with Crippen molar-refractivity contribution < 1.29 is 22.1 Å². The van der Waals surface area contributed by atoms with Gasteiger partial charge in [-0.3, -0.25) is 4.18 Å². The lowest BCUT2D eigenvalue weighted by Gasteiger charge is -2.36. The molecule has 0 aromatic heterocycles. The average molecular weight is 473 g/mol. The molecule has 5 nitrogen and oxygen atoms in total. The van der Waals surface area contributed by atoms with Gasteiger partial charge in [0.05, 0.1) is 23.2 Å². The highest BCUT2D eigenvalue weighted by Gasteiger charge is 2.32. The minimum Gasteiger partial charge on any atom is -0.347 e. The normalized spacial score (nSPS) is 20.3. The molecule has 1 fully saturated rings. The van der Waals surface area contributed by atoms with Gasteiger partial charge in [-0.05, 0) is 64.3 Å². The molecular weight excluding hydrogens is 447 g/mol. The van der Waals surface area contributed by atoms with Gasteiger partial charge in [0.1, 0.15) is 0 Å². The molecule has 0 bridgehead atoms. The quantitative estimate of drug-likeness (QED) is 0.472. The highest BCUT2D eigenvalue weighted by Crippen LogP contribution is 2.35. The van der Waals surface area contributed by atoms with Crippen molar-refractivity contribution in [2.45, 2.75) is 62.9 Å². The van der Waals surface area contributed by atoms with E-state index < -0.39 is 22.0 Å². The van der Waals surface area contributed by atoms with E-state index in [0.29, 0.717) is 22.9 Å². The second kappa shape index (κ2) is 9.55. The summed E-state index contributed by atoms with van der Waals surface area (Å²) in [6.45, 7) is 5.66. The maximum atomic E-state index is 12.4. The zero-order chi connectivity index (χ0) is 21.9. The van der Waals surface area contributed by atoms with E-state index in [9.17, 15) is 8.42 Å². The fourth-order valence-corrected chi connectivity index (χ4v) is 4.95. The van der Waals surface area contributed by atoms with Crippen LogP contribution in [0.3, 0.4) is 0 Å². The topological polar surface area (TPSA) is 61.8 Å². The van der Waals surface area contributed by atoms with E-state index in [2.05, 4.69) is 0 Å². The highest BCUT2D eigenvalue weighted by atomic mass is 35.5. The van der Waals surface area contributed by atoms with Crippen LogP contribution in [-0.2, 0) is 29.4 Å². The van der Waals surface area contributed by atoms with E-state index in [-0.39, 0.29) is 17.6 Å². The SMILES string of the molecule is Cc1ccc(S(=O)(=O)OCC2CCCC(OC(C)(C)c3ccc(Cl)cc3Cl)O2)cc1. The van der Waals surface area contributed by atoms with Crippen LogP contribution in [0.4, 0.5) is 0 Å². The molecule has 0 amide bonds. The van der Waals surface area contributed by atoms with E-state index in [1.165, 1.54) is 12.1 Å². The molecule has 30 heavy (non-hydrogen) atoms. The number of rotatable bonds is 7. The number of benzene rings is 2. The molecule has 1 heterocycles. The molecule has 0 aliphatic carbocycles. The number of hydrogen-bond acceptors (Lipinski definition) is 5. The van der Waals surface area contributed by atoms with Crippen molar-refractivity contribution in [3.63, 3.8) is 0 Å². The predicted octanol–water partition coefficient (Wildman–Crippen LogP) is 5.85. The van der Waals surface area contributed by atoms with E-state index in [1.54, 1.807) is 24.3 Å². The Bertz CT molecular complexity index is 974. The molecule has 1 saturated heterocycles. The van der Waals surface area contributed by atoms with Gasteiger partial charge in [0.15, 0.2) is 6.29 Å². The van der Waals surface area contributed by atoms with E-state index in [0.717, 1.165) is 17.5 Å². The van der Waals surface area contributed by atoms with Gasteiger partial charge >= 0.3 is 0 Å². The van der Waals surface area contributed by atoms with E-state index in [4.69, 9.17) is 36.9 Å². The zero-order valence-corrected chi connectivity index (χ0v) is 19.6. The van der Waals surface area contributed by atoms with Crippen molar-refractivity contribution in [1.82, 2.24) is 0 Å². The Morgan fingerprint density at radius 2 is 1.80 bits per heavy atom. The third kappa shape index (κ3) is 5.96. The Balaban J connectivity index is 1.60. The molecule has 1 aliphatic heterocycles. The maximum absolute atomic E-state index is 12.4. The molecule has 1 aliphatic rings. The number of ether oxygens (including phenoxy) is 2. The third-order valence-corrected chi connectivity index (χ3v) is 6.88. The van der Waals surface area contributed by atoms with Gasteiger partial charge in [-0.25, -0.2) is 0 Å². The summed E-state index contributed by atoms with van der Waals surface area (Å²) < 4.78 is 42.2. The first kappa shape index (κ1) is 23.5. The van der Waals surface area contributed by atoms with E-state index in [1.807, 2.05) is 26.8 Å². The number of aryl methyl sites for hydroxylation is 1. The second-order valence-electron chi connectivity index (χ2n) is 7.92. The van der Waals surface area contributed by atoms with Crippen LogP contribution in [0, 0.1) is 6.92 Å². The van der Waals surface area contributed by atoms with Crippen molar-refractivity contribution in [1.29, 1.82) is 0 Å². The lowest BCUT2D eigenvalue weighted by Crippen LogP contribution is -2.38. The van der Waals surface area contributed by atoms with Crippen LogP contribution in [0.2, 0.25) is 10.0 Å². The highest BCUT2D eigenvalue weighted by molar-refractivity contribution is 7.86. The van der Waals surface area contributed by atoms with Crippen LogP contribution in [0.1, 0.15) is 44.2 Å². The van der Waals surface area contributed by atoms with Crippen molar-refractivity contribution >= 4 is 33.3 Å². The minimum absolute atomic E-state index is 0.0573.